The van der Waals surface area contributed by atoms with Crippen LogP contribution in [-0.4, -0.2) is 40.7 Å². The Morgan fingerprint density at radius 1 is 0.742 bits per heavy atom. The number of alkyl halides is 2. The van der Waals surface area contributed by atoms with Gasteiger partial charge < -0.3 is 0 Å². The average molecular weight is 477 g/mol. The number of carbonyl (C=O) groups excluding carboxylic acids is 3. The first-order chi connectivity index (χ1) is 14.5. The average Bonchev–Trinajstić information content (AvgIpc) is 2.66. The fourth-order valence-electron chi connectivity index (χ4n) is 3.08. The van der Waals surface area contributed by atoms with Crippen LogP contribution in [0.3, 0.4) is 0 Å². The largest absolute Gasteiger partial charge is 0.333 e. The van der Waals surface area contributed by atoms with E-state index in [-0.39, 0.29) is 21.2 Å². The third-order valence-electron chi connectivity index (χ3n) is 4.55. The molecule has 2 aromatic carbocycles. The maximum absolute atomic E-state index is 14.7. The maximum Gasteiger partial charge on any atom is 0.333 e. The summed E-state index contributed by atoms with van der Waals surface area (Å²) in [6.45, 7) is -1.66. The number of benzene rings is 2. The van der Waals surface area contributed by atoms with Crippen LogP contribution in [0, 0.1) is 11.6 Å². The molecule has 0 unspecified atom stereocenters. The number of imide groups is 2. The smallest absolute Gasteiger partial charge is 0.274 e. The molecule has 11 heteroatoms. The van der Waals surface area contributed by atoms with Crippen molar-refractivity contribution in [1.29, 1.82) is 0 Å². The van der Waals surface area contributed by atoms with Crippen molar-refractivity contribution in [2.45, 2.75) is 18.8 Å². The molecule has 0 aromatic heterocycles. The molecule has 4 amide bonds. The molecule has 0 saturated carbocycles. The van der Waals surface area contributed by atoms with Crippen molar-refractivity contribution in [2.75, 3.05) is 13.1 Å². The van der Waals surface area contributed by atoms with Gasteiger partial charge in [0, 0.05) is 10.0 Å². The van der Waals surface area contributed by atoms with E-state index < -0.39 is 61.3 Å². The second-order valence-electron chi connectivity index (χ2n) is 6.81. The van der Waals surface area contributed by atoms with Gasteiger partial charge in [0.15, 0.2) is 0 Å². The fourth-order valence-corrected chi connectivity index (χ4v) is 3.54. The van der Waals surface area contributed by atoms with Crippen molar-refractivity contribution in [3.05, 3.63) is 69.2 Å². The Kier molecular flexibility index (Phi) is 6.86. The van der Waals surface area contributed by atoms with E-state index in [0.29, 0.717) is 9.80 Å². The number of halogens is 6. The summed E-state index contributed by atoms with van der Waals surface area (Å²) in [6.07, 6.45) is -4.79. The van der Waals surface area contributed by atoms with Crippen LogP contribution in [0.25, 0.3) is 0 Å². The van der Waals surface area contributed by atoms with Crippen molar-refractivity contribution < 1.29 is 31.9 Å². The number of amides is 4. The molecule has 5 nitrogen and oxygen atoms in total. The summed E-state index contributed by atoms with van der Waals surface area (Å²) >= 11 is 11.4. The molecule has 164 valence electrons. The fraction of sp³-hybridized carbons (Fsp3) is 0.250. The van der Waals surface area contributed by atoms with E-state index in [2.05, 4.69) is 0 Å². The van der Waals surface area contributed by atoms with Crippen LogP contribution in [0.5, 0.6) is 0 Å². The Morgan fingerprint density at radius 2 is 1.13 bits per heavy atom. The Bertz CT molecular complexity index is 933. The van der Waals surface area contributed by atoms with Gasteiger partial charge >= 0.3 is 6.03 Å². The summed E-state index contributed by atoms with van der Waals surface area (Å²) in [4.78, 5) is 37.8. The first-order valence-electron chi connectivity index (χ1n) is 8.90. The lowest BCUT2D eigenvalue weighted by Crippen LogP contribution is -2.56. The van der Waals surface area contributed by atoms with Gasteiger partial charge in [0.05, 0.1) is 13.1 Å². The van der Waals surface area contributed by atoms with E-state index in [1.54, 1.807) is 0 Å². The Balaban J connectivity index is 1.77. The summed E-state index contributed by atoms with van der Waals surface area (Å²) in [7, 11) is 0. The SMILES string of the molecule is O=C1CC(=O)N(C[C@H](F)c2cc(F)cc(Cl)c2)C(=O)N1C[C@H](F)c1cc(F)cc(Cl)c1. The Hall–Kier alpha value is -2.65. The summed E-state index contributed by atoms with van der Waals surface area (Å²) in [5.41, 5.74) is -0.432. The highest BCUT2D eigenvalue weighted by Crippen LogP contribution is 2.28. The van der Waals surface area contributed by atoms with Gasteiger partial charge in [0.2, 0.25) is 11.8 Å². The monoisotopic (exact) mass is 476 g/mol. The summed E-state index contributed by atoms with van der Waals surface area (Å²) in [5.74, 6) is -3.60. The minimum absolute atomic E-state index is 0.0835. The third-order valence-corrected chi connectivity index (χ3v) is 4.98. The molecule has 0 radical (unpaired) electrons. The first kappa shape index (κ1) is 23.0. The lowest BCUT2D eigenvalue weighted by molar-refractivity contribution is -0.143. The van der Waals surface area contributed by atoms with E-state index in [4.69, 9.17) is 23.2 Å². The van der Waals surface area contributed by atoms with Crippen LogP contribution in [0.15, 0.2) is 36.4 Å². The molecule has 31 heavy (non-hydrogen) atoms. The van der Waals surface area contributed by atoms with Gasteiger partial charge in [-0.25, -0.2) is 22.4 Å². The van der Waals surface area contributed by atoms with Gasteiger partial charge in [-0.05, 0) is 47.5 Å². The van der Waals surface area contributed by atoms with E-state index in [9.17, 15) is 31.9 Å². The highest BCUT2D eigenvalue weighted by molar-refractivity contribution is 6.31. The molecule has 2 aromatic rings. The van der Waals surface area contributed by atoms with E-state index >= 15 is 0 Å². The second-order valence-corrected chi connectivity index (χ2v) is 7.68. The number of nitrogens with zero attached hydrogens (tertiary/aromatic N) is 2. The van der Waals surface area contributed by atoms with Crippen molar-refractivity contribution in [3.8, 4) is 0 Å². The second kappa shape index (κ2) is 9.23. The van der Waals surface area contributed by atoms with Crippen molar-refractivity contribution >= 4 is 41.0 Å². The highest BCUT2D eigenvalue weighted by Gasteiger charge is 2.40. The topological polar surface area (TPSA) is 57.7 Å². The standard InChI is InChI=1S/C20H14Cl2F4N2O3/c21-12-1-10(3-14(23)5-12)16(25)8-27-18(29)7-19(30)28(20(27)31)9-17(26)11-2-13(22)6-15(24)4-11/h1-6,16-17H,7-9H2/t16-,17-/m0/s1. The van der Waals surface area contributed by atoms with E-state index in [1.165, 1.54) is 0 Å². The zero-order chi connectivity index (χ0) is 22.9. The predicted molar refractivity (Wildman–Crippen MR) is 104 cm³/mol. The zero-order valence-electron chi connectivity index (χ0n) is 15.6. The molecule has 0 bridgehead atoms. The molecule has 1 saturated heterocycles. The number of hydrogen-bond acceptors (Lipinski definition) is 3. The van der Waals surface area contributed by atoms with Gasteiger partial charge in [0.1, 0.15) is 30.4 Å². The van der Waals surface area contributed by atoms with Crippen LogP contribution in [-0.2, 0) is 9.59 Å². The Labute approximate surface area is 184 Å². The molecule has 1 fully saturated rings. The molecule has 0 spiro atoms. The molecule has 1 aliphatic heterocycles. The summed E-state index contributed by atoms with van der Waals surface area (Å²) in [5, 5.41) is -0.167. The molecule has 3 rings (SSSR count). The molecule has 0 N–H and O–H groups in total. The number of urea groups is 1. The van der Waals surface area contributed by atoms with Crippen molar-refractivity contribution in [3.63, 3.8) is 0 Å². The summed E-state index contributed by atoms with van der Waals surface area (Å²) in [6, 6.07) is 4.62. The van der Waals surface area contributed by atoms with Crippen LogP contribution in [0.4, 0.5) is 22.4 Å². The Morgan fingerprint density at radius 3 is 1.48 bits per heavy atom. The molecule has 0 aliphatic carbocycles. The minimum atomic E-state index is -2.00. The zero-order valence-corrected chi connectivity index (χ0v) is 17.1. The number of barbiturate groups is 1. The lowest BCUT2D eigenvalue weighted by atomic mass is 10.1. The molecular formula is C20H14Cl2F4N2O3. The minimum Gasteiger partial charge on any atom is -0.274 e. The number of hydrogen-bond donors (Lipinski definition) is 0. The van der Waals surface area contributed by atoms with E-state index in [1.807, 2.05) is 0 Å². The quantitative estimate of drug-likeness (QED) is 0.426. The van der Waals surface area contributed by atoms with Crippen LogP contribution in [0.2, 0.25) is 10.0 Å². The van der Waals surface area contributed by atoms with Crippen LogP contribution >= 0.6 is 23.2 Å². The highest BCUT2D eigenvalue weighted by atomic mass is 35.5. The summed E-state index contributed by atoms with van der Waals surface area (Å²) < 4.78 is 56.3. The predicted octanol–water partition coefficient (Wildman–Crippen LogP) is 5.17. The van der Waals surface area contributed by atoms with Crippen LogP contribution in [0.1, 0.15) is 29.9 Å². The van der Waals surface area contributed by atoms with Crippen LogP contribution < -0.4 is 0 Å². The van der Waals surface area contributed by atoms with Crippen molar-refractivity contribution in [2.24, 2.45) is 0 Å². The normalized spacial score (nSPS) is 16.6. The number of rotatable bonds is 6. The van der Waals surface area contributed by atoms with Gasteiger partial charge in [0.25, 0.3) is 0 Å². The molecular weight excluding hydrogens is 463 g/mol. The first-order valence-corrected chi connectivity index (χ1v) is 9.65. The van der Waals surface area contributed by atoms with Gasteiger partial charge in [-0.15, -0.1) is 0 Å². The van der Waals surface area contributed by atoms with Crippen molar-refractivity contribution in [1.82, 2.24) is 9.80 Å². The van der Waals surface area contributed by atoms with Gasteiger partial charge in [-0.2, -0.15) is 0 Å². The van der Waals surface area contributed by atoms with Gasteiger partial charge in [-0.3, -0.25) is 19.4 Å². The van der Waals surface area contributed by atoms with E-state index in [0.717, 1.165) is 36.4 Å². The molecule has 1 heterocycles. The maximum atomic E-state index is 14.7. The molecule has 2 atom stereocenters. The van der Waals surface area contributed by atoms with Gasteiger partial charge in [-0.1, -0.05) is 23.2 Å². The number of carbonyl (C=O) groups is 3. The third kappa shape index (κ3) is 5.34. The molecule has 1 aliphatic rings. The lowest BCUT2D eigenvalue weighted by Gasteiger charge is -2.34.